The Hall–Kier alpha value is -2.49. The Labute approximate surface area is 168 Å². The molecule has 26 heavy (non-hydrogen) atoms. The molecule has 2 aromatic rings. The number of rotatable bonds is 7. The molecule has 0 fully saturated rings. The normalized spacial score (nSPS) is 10.6. The molecule has 6 nitrogen and oxygen atoms in total. The second-order valence-electron chi connectivity index (χ2n) is 5.20. The van der Waals surface area contributed by atoms with E-state index in [0.29, 0.717) is 24.6 Å². The van der Waals surface area contributed by atoms with E-state index >= 15 is 0 Å². The molecular weight excluding hydrogens is 450 g/mol. The Kier molecular flexibility index (Phi) is 9.27. The molecule has 0 amide bonds. The minimum atomic E-state index is -0.444. The number of aliphatic imine (C=N–C) groups is 1. The zero-order chi connectivity index (χ0) is 18.1. The highest BCUT2D eigenvalue weighted by Gasteiger charge is 2.05. The van der Waals surface area contributed by atoms with Gasteiger partial charge < -0.3 is 10.6 Å². The van der Waals surface area contributed by atoms with Gasteiger partial charge in [-0.1, -0.05) is 36.4 Å². The summed E-state index contributed by atoms with van der Waals surface area (Å²) in [5.74, 6) is 0.218. The topological polar surface area (TPSA) is 79.6 Å². The van der Waals surface area contributed by atoms with Gasteiger partial charge in [-0.25, -0.2) is 9.38 Å². The summed E-state index contributed by atoms with van der Waals surface area (Å²) in [6.45, 7) is 4.77. The van der Waals surface area contributed by atoms with E-state index in [1.54, 1.807) is 36.4 Å². The summed E-state index contributed by atoms with van der Waals surface area (Å²) in [5, 5.41) is 16.8. The molecule has 0 radical (unpaired) electrons. The van der Waals surface area contributed by atoms with Crippen molar-refractivity contribution in [2.45, 2.75) is 13.1 Å². The molecule has 0 heterocycles. The quantitative estimate of drug-likeness (QED) is 0.161. The molecule has 2 N–H and O–H groups in total. The van der Waals surface area contributed by atoms with Gasteiger partial charge in [0, 0.05) is 30.8 Å². The number of nitro benzene ring substituents is 1. The van der Waals surface area contributed by atoms with Gasteiger partial charge in [0.25, 0.3) is 5.69 Å². The van der Waals surface area contributed by atoms with Crippen LogP contribution < -0.4 is 10.6 Å². The first-order chi connectivity index (χ1) is 12.1. The van der Waals surface area contributed by atoms with E-state index in [-0.39, 0.29) is 42.0 Å². The predicted molar refractivity (Wildman–Crippen MR) is 111 cm³/mol. The van der Waals surface area contributed by atoms with Gasteiger partial charge in [-0.15, -0.1) is 30.6 Å². The molecule has 0 spiro atoms. The number of nitrogens with one attached hydrogen (secondary N) is 2. The molecule has 8 heteroatoms. The SMILES string of the molecule is C=CCNC(=NCc1ccc([N+](=O)[O-])cc1)NCc1ccccc1F.I. The lowest BCUT2D eigenvalue weighted by atomic mass is 10.2. The van der Waals surface area contributed by atoms with Gasteiger partial charge in [0.05, 0.1) is 11.5 Å². The summed E-state index contributed by atoms with van der Waals surface area (Å²) >= 11 is 0. The fourth-order valence-electron chi connectivity index (χ4n) is 2.06. The lowest BCUT2D eigenvalue weighted by molar-refractivity contribution is -0.384. The molecule has 0 aliphatic carbocycles. The van der Waals surface area contributed by atoms with E-state index in [9.17, 15) is 14.5 Å². The van der Waals surface area contributed by atoms with Crippen LogP contribution in [0.5, 0.6) is 0 Å². The van der Waals surface area contributed by atoms with Crippen LogP contribution in [0.25, 0.3) is 0 Å². The maximum atomic E-state index is 13.7. The van der Waals surface area contributed by atoms with Crippen LogP contribution in [-0.2, 0) is 13.1 Å². The molecule has 0 atom stereocenters. The number of nitro groups is 1. The minimum Gasteiger partial charge on any atom is -0.353 e. The first-order valence-corrected chi connectivity index (χ1v) is 7.70. The number of hydrogen-bond acceptors (Lipinski definition) is 3. The van der Waals surface area contributed by atoms with Gasteiger partial charge in [0.15, 0.2) is 5.96 Å². The summed E-state index contributed by atoms with van der Waals surface area (Å²) in [4.78, 5) is 14.6. The molecule has 2 rings (SSSR count). The fourth-order valence-corrected chi connectivity index (χ4v) is 2.06. The van der Waals surface area contributed by atoms with E-state index < -0.39 is 4.92 Å². The first-order valence-electron chi connectivity index (χ1n) is 7.70. The Morgan fingerprint density at radius 3 is 2.50 bits per heavy atom. The maximum absolute atomic E-state index is 13.7. The Morgan fingerprint density at radius 2 is 1.88 bits per heavy atom. The highest BCUT2D eigenvalue weighted by atomic mass is 127. The third-order valence-electron chi connectivity index (χ3n) is 3.38. The first kappa shape index (κ1) is 21.6. The monoisotopic (exact) mass is 470 g/mol. The largest absolute Gasteiger partial charge is 0.353 e. The van der Waals surface area contributed by atoms with Gasteiger partial charge in [0.2, 0.25) is 0 Å². The number of benzene rings is 2. The average Bonchev–Trinajstić information content (AvgIpc) is 2.62. The molecule has 0 aromatic heterocycles. The molecule has 0 saturated carbocycles. The molecular formula is C18H20FIN4O2. The van der Waals surface area contributed by atoms with Crippen LogP contribution in [0.2, 0.25) is 0 Å². The van der Waals surface area contributed by atoms with Crippen molar-refractivity contribution in [2.24, 2.45) is 4.99 Å². The highest BCUT2D eigenvalue weighted by Crippen LogP contribution is 2.12. The third-order valence-corrected chi connectivity index (χ3v) is 3.38. The van der Waals surface area contributed by atoms with Crippen LogP contribution >= 0.6 is 24.0 Å². The number of non-ortho nitro benzene ring substituents is 1. The van der Waals surface area contributed by atoms with Crippen molar-refractivity contribution in [3.8, 4) is 0 Å². The van der Waals surface area contributed by atoms with Gasteiger partial charge in [0.1, 0.15) is 5.82 Å². The molecule has 0 saturated heterocycles. The summed E-state index contributed by atoms with van der Waals surface area (Å²) in [5.41, 5.74) is 1.40. The van der Waals surface area contributed by atoms with E-state index in [2.05, 4.69) is 22.2 Å². The summed E-state index contributed by atoms with van der Waals surface area (Å²) in [6, 6.07) is 12.7. The van der Waals surface area contributed by atoms with Crippen molar-refractivity contribution in [1.29, 1.82) is 0 Å². The number of hydrogen-bond donors (Lipinski definition) is 2. The van der Waals surface area contributed by atoms with Crippen LogP contribution in [0.15, 0.2) is 66.2 Å². The molecule has 138 valence electrons. The van der Waals surface area contributed by atoms with Crippen LogP contribution in [0.4, 0.5) is 10.1 Å². The zero-order valence-electron chi connectivity index (χ0n) is 14.0. The Bertz CT molecular complexity index is 766. The Morgan fingerprint density at radius 1 is 1.19 bits per heavy atom. The highest BCUT2D eigenvalue weighted by molar-refractivity contribution is 14.0. The predicted octanol–water partition coefficient (Wildman–Crippen LogP) is 3.77. The third kappa shape index (κ3) is 6.79. The average molecular weight is 470 g/mol. The van der Waals surface area contributed by atoms with Crippen molar-refractivity contribution in [3.05, 3.63) is 88.2 Å². The van der Waals surface area contributed by atoms with Crippen LogP contribution in [0.3, 0.4) is 0 Å². The van der Waals surface area contributed by atoms with Gasteiger partial charge in [-0.2, -0.15) is 0 Å². The van der Waals surface area contributed by atoms with Crippen LogP contribution in [0.1, 0.15) is 11.1 Å². The van der Waals surface area contributed by atoms with Crippen molar-refractivity contribution in [3.63, 3.8) is 0 Å². The van der Waals surface area contributed by atoms with Crippen molar-refractivity contribution >= 4 is 35.6 Å². The summed E-state index contributed by atoms with van der Waals surface area (Å²) in [6.07, 6.45) is 1.69. The molecule has 2 aromatic carbocycles. The number of guanidine groups is 1. The van der Waals surface area contributed by atoms with Gasteiger partial charge >= 0.3 is 0 Å². The van der Waals surface area contributed by atoms with Crippen LogP contribution in [0, 0.1) is 15.9 Å². The number of halogens is 2. The second-order valence-corrected chi connectivity index (χ2v) is 5.20. The molecule has 0 bridgehead atoms. The minimum absolute atomic E-state index is 0. The lowest BCUT2D eigenvalue weighted by Gasteiger charge is -2.12. The van der Waals surface area contributed by atoms with E-state index in [1.165, 1.54) is 18.2 Å². The molecule has 0 aliphatic heterocycles. The lowest BCUT2D eigenvalue weighted by Crippen LogP contribution is -2.37. The van der Waals surface area contributed by atoms with E-state index in [4.69, 9.17) is 0 Å². The zero-order valence-corrected chi connectivity index (χ0v) is 16.4. The smallest absolute Gasteiger partial charge is 0.269 e. The van der Waals surface area contributed by atoms with Crippen molar-refractivity contribution in [1.82, 2.24) is 10.6 Å². The van der Waals surface area contributed by atoms with Gasteiger partial charge in [-0.05, 0) is 11.6 Å². The van der Waals surface area contributed by atoms with Crippen molar-refractivity contribution in [2.75, 3.05) is 6.54 Å². The maximum Gasteiger partial charge on any atom is 0.269 e. The van der Waals surface area contributed by atoms with E-state index in [0.717, 1.165) is 5.56 Å². The fraction of sp³-hybridized carbons (Fsp3) is 0.167. The summed E-state index contributed by atoms with van der Waals surface area (Å²) < 4.78 is 13.7. The Balaban J connectivity index is 0.00000338. The molecule has 0 aliphatic rings. The number of nitrogens with zero attached hydrogens (tertiary/aromatic N) is 2. The second kappa shape index (κ2) is 11.2. The van der Waals surface area contributed by atoms with Crippen molar-refractivity contribution < 1.29 is 9.31 Å². The summed E-state index contributed by atoms with van der Waals surface area (Å²) in [7, 11) is 0. The van der Waals surface area contributed by atoms with Crippen LogP contribution in [-0.4, -0.2) is 17.4 Å². The van der Waals surface area contributed by atoms with Gasteiger partial charge in [-0.3, -0.25) is 10.1 Å². The van der Waals surface area contributed by atoms with E-state index in [1.807, 2.05) is 0 Å². The molecule has 0 unspecified atom stereocenters. The standard InChI is InChI=1S/C18H19FN4O2.HI/c1-2-11-20-18(22-13-15-5-3-4-6-17(15)19)21-12-14-7-9-16(10-8-14)23(24)25;/h2-10H,1,11-13H2,(H2,20,21,22);1H.